The first-order valence-electron chi connectivity index (χ1n) is 4.18. The first kappa shape index (κ1) is 10.7. The molecule has 3 nitrogen and oxygen atoms in total. The van der Waals surface area contributed by atoms with Crippen molar-refractivity contribution in [2.45, 2.75) is 13.0 Å². The standard InChI is InChI=1S/C10H11FO3/c1-6(10(13)14)9(12)7-2-4-8(11)5-3-7/h2-6,9,12H,1H3,(H,13,14)/t6-,9+/m0/s1. The van der Waals surface area contributed by atoms with Crippen molar-refractivity contribution >= 4 is 5.97 Å². The van der Waals surface area contributed by atoms with Crippen molar-refractivity contribution in [2.75, 3.05) is 0 Å². The second-order valence-electron chi connectivity index (χ2n) is 3.12. The van der Waals surface area contributed by atoms with Gasteiger partial charge in [-0.3, -0.25) is 4.79 Å². The lowest BCUT2D eigenvalue weighted by Gasteiger charge is -2.14. The van der Waals surface area contributed by atoms with Crippen LogP contribution in [-0.4, -0.2) is 16.2 Å². The van der Waals surface area contributed by atoms with Crippen LogP contribution in [0.5, 0.6) is 0 Å². The van der Waals surface area contributed by atoms with Crippen molar-refractivity contribution < 1.29 is 19.4 Å². The van der Waals surface area contributed by atoms with Crippen molar-refractivity contribution in [3.8, 4) is 0 Å². The van der Waals surface area contributed by atoms with Crippen LogP contribution in [0.2, 0.25) is 0 Å². The van der Waals surface area contributed by atoms with Gasteiger partial charge in [-0.25, -0.2) is 4.39 Å². The van der Waals surface area contributed by atoms with E-state index in [1.54, 1.807) is 0 Å². The maximum Gasteiger partial charge on any atom is 0.309 e. The highest BCUT2D eigenvalue weighted by atomic mass is 19.1. The predicted octanol–water partition coefficient (Wildman–Crippen LogP) is 1.58. The minimum Gasteiger partial charge on any atom is -0.481 e. The van der Waals surface area contributed by atoms with Crippen LogP contribution < -0.4 is 0 Å². The Morgan fingerprint density at radius 3 is 2.29 bits per heavy atom. The van der Waals surface area contributed by atoms with E-state index in [4.69, 9.17) is 5.11 Å². The van der Waals surface area contributed by atoms with E-state index in [1.165, 1.54) is 31.2 Å². The molecule has 0 saturated heterocycles. The van der Waals surface area contributed by atoms with Gasteiger partial charge in [-0.15, -0.1) is 0 Å². The zero-order chi connectivity index (χ0) is 10.7. The molecule has 0 aliphatic heterocycles. The second-order valence-corrected chi connectivity index (χ2v) is 3.12. The summed E-state index contributed by atoms with van der Waals surface area (Å²) in [6.45, 7) is 1.40. The van der Waals surface area contributed by atoms with E-state index in [-0.39, 0.29) is 0 Å². The fraction of sp³-hybridized carbons (Fsp3) is 0.300. The van der Waals surface area contributed by atoms with E-state index in [1.807, 2.05) is 0 Å². The van der Waals surface area contributed by atoms with Gasteiger partial charge in [0.2, 0.25) is 0 Å². The number of carbonyl (C=O) groups is 1. The molecule has 0 heterocycles. The average Bonchev–Trinajstić information content (AvgIpc) is 2.16. The third-order valence-electron chi connectivity index (χ3n) is 2.07. The number of aliphatic hydroxyl groups excluding tert-OH is 1. The molecule has 0 saturated carbocycles. The molecule has 0 aliphatic carbocycles. The molecule has 2 atom stereocenters. The summed E-state index contributed by atoms with van der Waals surface area (Å²) in [7, 11) is 0. The van der Waals surface area contributed by atoms with Crippen LogP contribution in [0, 0.1) is 11.7 Å². The van der Waals surface area contributed by atoms with Crippen LogP contribution in [0.15, 0.2) is 24.3 Å². The summed E-state index contributed by atoms with van der Waals surface area (Å²) in [6, 6.07) is 5.12. The largest absolute Gasteiger partial charge is 0.481 e. The third-order valence-corrected chi connectivity index (χ3v) is 2.07. The van der Waals surface area contributed by atoms with Gasteiger partial charge in [-0.05, 0) is 24.6 Å². The van der Waals surface area contributed by atoms with Gasteiger partial charge in [-0.2, -0.15) is 0 Å². The number of carboxylic acid groups (broad SMARTS) is 1. The Morgan fingerprint density at radius 1 is 1.36 bits per heavy atom. The van der Waals surface area contributed by atoms with Crippen LogP contribution in [-0.2, 0) is 4.79 Å². The van der Waals surface area contributed by atoms with Gasteiger partial charge in [0.15, 0.2) is 0 Å². The highest BCUT2D eigenvalue weighted by Gasteiger charge is 2.22. The number of benzene rings is 1. The number of hydrogen-bond acceptors (Lipinski definition) is 2. The molecular formula is C10H11FO3. The lowest BCUT2D eigenvalue weighted by Crippen LogP contribution is -2.18. The second kappa shape index (κ2) is 4.19. The number of rotatable bonds is 3. The van der Waals surface area contributed by atoms with Crippen LogP contribution in [0.4, 0.5) is 4.39 Å². The maximum absolute atomic E-state index is 12.5. The van der Waals surface area contributed by atoms with Gasteiger partial charge in [0, 0.05) is 0 Å². The Bertz CT molecular complexity index is 321. The Hall–Kier alpha value is -1.42. The predicted molar refractivity (Wildman–Crippen MR) is 48.2 cm³/mol. The van der Waals surface area contributed by atoms with Gasteiger partial charge < -0.3 is 10.2 Å². The molecule has 0 radical (unpaired) electrons. The minimum absolute atomic E-state index is 0.404. The molecule has 4 heteroatoms. The highest BCUT2D eigenvalue weighted by Crippen LogP contribution is 2.21. The molecule has 14 heavy (non-hydrogen) atoms. The van der Waals surface area contributed by atoms with Gasteiger partial charge in [-0.1, -0.05) is 12.1 Å². The molecule has 0 bridgehead atoms. The zero-order valence-corrected chi connectivity index (χ0v) is 7.64. The molecular weight excluding hydrogens is 187 g/mol. The van der Waals surface area contributed by atoms with Crippen LogP contribution >= 0.6 is 0 Å². The number of carboxylic acids is 1. The molecule has 1 rings (SSSR count). The number of hydrogen-bond donors (Lipinski definition) is 2. The fourth-order valence-corrected chi connectivity index (χ4v) is 1.08. The zero-order valence-electron chi connectivity index (χ0n) is 7.64. The SMILES string of the molecule is C[C@H](C(=O)O)[C@@H](O)c1ccc(F)cc1. The molecule has 1 aromatic rings. The Balaban J connectivity index is 2.84. The number of halogens is 1. The fourth-order valence-electron chi connectivity index (χ4n) is 1.08. The molecule has 0 spiro atoms. The van der Waals surface area contributed by atoms with Crippen LogP contribution in [0.25, 0.3) is 0 Å². The topological polar surface area (TPSA) is 57.5 Å². The molecule has 0 fully saturated rings. The molecule has 0 unspecified atom stereocenters. The monoisotopic (exact) mass is 198 g/mol. The molecule has 0 amide bonds. The van der Waals surface area contributed by atoms with Gasteiger partial charge in [0.1, 0.15) is 5.82 Å². The van der Waals surface area contributed by atoms with E-state index < -0.39 is 23.8 Å². The smallest absolute Gasteiger partial charge is 0.309 e. The molecule has 0 aromatic heterocycles. The Kier molecular flexibility index (Phi) is 3.19. The van der Waals surface area contributed by atoms with E-state index in [2.05, 4.69) is 0 Å². The first-order chi connectivity index (χ1) is 6.52. The normalized spacial score (nSPS) is 14.8. The van der Waals surface area contributed by atoms with E-state index in [0.717, 1.165) is 0 Å². The number of aliphatic carboxylic acids is 1. The Morgan fingerprint density at radius 2 is 1.86 bits per heavy atom. The van der Waals surface area contributed by atoms with Gasteiger partial charge in [0.05, 0.1) is 12.0 Å². The first-order valence-corrected chi connectivity index (χ1v) is 4.18. The van der Waals surface area contributed by atoms with Crippen LogP contribution in [0.3, 0.4) is 0 Å². The lowest BCUT2D eigenvalue weighted by atomic mass is 9.98. The van der Waals surface area contributed by atoms with Crippen molar-refractivity contribution in [3.05, 3.63) is 35.6 Å². The van der Waals surface area contributed by atoms with E-state index in [0.29, 0.717) is 5.56 Å². The quantitative estimate of drug-likeness (QED) is 0.775. The number of aliphatic hydroxyl groups is 1. The molecule has 76 valence electrons. The van der Waals surface area contributed by atoms with Crippen molar-refractivity contribution in [2.24, 2.45) is 5.92 Å². The third kappa shape index (κ3) is 2.29. The Labute approximate surface area is 80.8 Å². The molecule has 2 N–H and O–H groups in total. The van der Waals surface area contributed by atoms with Crippen LogP contribution in [0.1, 0.15) is 18.6 Å². The summed E-state index contributed by atoms with van der Waals surface area (Å²) >= 11 is 0. The summed E-state index contributed by atoms with van der Waals surface area (Å²) in [4.78, 5) is 10.5. The summed E-state index contributed by atoms with van der Waals surface area (Å²) in [6.07, 6.45) is -1.10. The van der Waals surface area contributed by atoms with Crippen molar-refractivity contribution in [1.29, 1.82) is 0 Å². The average molecular weight is 198 g/mol. The van der Waals surface area contributed by atoms with Crippen molar-refractivity contribution in [3.63, 3.8) is 0 Å². The lowest BCUT2D eigenvalue weighted by molar-refractivity contribution is -0.145. The summed E-state index contributed by atoms with van der Waals surface area (Å²) in [5, 5.41) is 18.2. The molecule has 0 aliphatic rings. The van der Waals surface area contributed by atoms with Gasteiger partial charge in [0.25, 0.3) is 0 Å². The minimum atomic E-state index is -1.10. The van der Waals surface area contributed by atoms with Crippen molar-refractivity contribution in [1.82, 2.24) is 0 Å². The summed E-state index contributed by atoms with van der Waals surface area (Å²) < 4.78 is 12.5. The summed E-state index contributed by atoms with van der Waals surface area (Å²) in [5.41, 5.74) is 0.404. The summed E-state index contributed by atoms with van der Waals surface area (Å²) in [5.74, 6) is -2.40. The van der Waals surface area contributed by atoms with E-state index >= 15 is 0 Å². The highest BCUT2D eigenvalue weighted by molar-refractivity contribution is 5.70. The maximum atomic E-state index is 12.5. The van der Waals surface area contributed by atoms with E-state index in [9.17, 15) is 14.3 Å². The molecule has 1 aromatic carbocycles. The van der Waals surface area contributed by atoms with Gasteiger partial charge >= 0.3 is 5.97 Å².